The van der Waals surface area contributed by atoms with Crippen molar-refractivity contribution in [3.63, 3.8) is 0 Å². The fourth-order valence-electron chi connectivity index (χ4n) is 2.33. The molecule has 0 aromatic rings. The number of likely N-dealkylation sites (tertiary alicyclic amines) is 1. The van der Waals surface area contributed by atoms with Crippen LogP contribution in [0.1, 0.15) is 74.7 Å². The Morgan fingerprint density at radius 3 is 1.76 bits per heavy atom. The Kier molecular flexibility index (Phi) is 14.1. The zero-order chi connectivity index (χ0) is 13.8. The Bertz CT molecular complexity index is 124. The number of hydrogen-bond acceptors (Lipinski definition) is 1. The topological polar surface area (TPSA) is 3.24 Å². The molecule has 0 aliphatic carbocycles. The molecule has 0 aromatic carbocycles. The van der Waals surface area contributed by atoms with Gasteiger partial charge >= 0.3 is 0 Å². The average molecular weight is 243 g/mol. The molecule has 17 heavy (non-hydrogen) atoms. The fraction of sp³-hybridized carbons (Fsp3) is 1.00. The van der Waals surface area contributed by atoms with Crippen molar-refractivity contribution < 1.29 is 0 Å². The molecule has 0 bridgehead atoms. The summed E-state index contributed by atoms with van der Waals surface area (Å²) in [4.78, 5) is 2.63. The van der Waals surface area contributed by atoms with Gasteiger partial charge in [0.1, 0.15) is 0 Å². The molecule has 1 heteroatoms. The van der Waals surface area contributed by atoms with E-state index in [4.69, 9.17) is 0 Å². The van der Waals surface area contributed by atoms with E-state index in [1.807, 2.05) is 27.7 Å². The molecule has 1 unspecified atom stereocenters. The first-order chi connectivity index (χ1) is 8.11. The van der Waals surface area contributed by atoms with Gasteiger partial charge in [-0.1, -0.05) is 41.5 Å². The van der Waals surface area contributed by atoms with Gasteiger partial charge in [-0.05, 0) is 58.0 Å². The van der Waals surface area contributed by atoms with Gasteiger partial charge in [0, 0.05) is 6.04 Å². The molecule has 0 amide bonds. The molecule has 106 valence electrons. The Morgan fingerprint density at radius 2 is 1.35 bits per heavy atom. The second kappa shape index (κ2) is 12.4. The first-order valence-corrected chi connectivity index (χ1v) is 7.85. The lowest BCUT2D eigenvalue weighted by molar-refractivity contribution is 0.224. The summed E-state index contributed by atoms with van der Waals surface area (Å²) in [5.74, 6) is 1.86. The van der Waals surface area contributed by atoms with Crippen LogP contribution < -0.4 is 0 Å². The van der Waals surface area contributed by atoms with Crippen LogP contribution in [-0.4, -0.2) is 24.0 Å². The Labute approximate surface area is 111 Å². The largest absolute Gasteiger partial charge is 0.301 e. The minimum atomic E-state index is 0.742. The van der Waals surface area contributed by atoms with Crippen molar-refractivity contribution in [1.29, 1.82) is 0 Å². The van der Waals surface area contributed by atoms with Crippen LogP contribution in [0.3, 0.4) is 0 Å². The monoisotopic (exact) mass is 243 g/mol. The van der Waals surface area contributed by atoms with Gasteiger partial charge < -0.3 is 4.90 Å². The number of rotatable bonds is 2. The highest BCUT2D eigenvalue weighted by Gasteiger charge is 2.20. The van der Waals surface area contributed by atoms with Crippen molar-refractivity contribution in [3.05, 3.63) is 0 Å². The normalized spacial score (nSPS) is 21.2. The average Bonchev–Trinajstić information content (AvgIpc) is 2.59. The molecule has 1 heterocycles. The molecule has 0 radical (unpaired) electrons. The summed E-state index contributed by atoms with van der Waals surface area (Å²) in [5, 5.41) is 0. The summed E-state index contributed by atoms with van der Waals surface area (Å²) in [5.41, 5.74) is 0. The molecular formula is C16H37N. The lowest BCUT2D eigenvalue weighted by Crippen LogP contribution is -2.31. The highest BCUT2D eigenvalue weighted by atomic mass is 15.1. The van der Waals surface area contributed by atoms with E-state index in [1.165, 1.54) is 32.4 Å². The molecule has 1 atom stereocenters. The zero-order valence-corrected chi connectivity index (χ0v) is 13.7. The SMILES string of the molecule is CC.CC.CC(C)C1CCCN(C(C)C)CC1. The molecule has 0 saturated carbocycles. The molecular weight excluding hydrogens is 206 g/mol. The van der Waals surface area contributed by atoms with Crippen molar-refractivity contribution in [2.75, 3.05) is 13.1 Å². The first kappa shape index (κ1) is 19.3. The van der Waals surface area contributed by atoms with Crippen LogP contribution in [0.2, 0.25) is 0 Å². The molecule has 1 nitrogen and oxygen atoms in total. The van der Waals surface area contributed by atoms with E-state index in [0.717, 1.165) is 17.9 Å². The van der Waals surface area contributed by atoms with Crippen LogP contribution in [0, 0.1) is 11.8 Å². The van der Waals surface area contributed by atoms with E-state index in [2.05, 4.69) is 32.6 Å². The van der Waals surface area contributed by atoms with E-state index in [0.29, 0.717) is 0 Å². The van der Waals surface area contributed by atoms with Gasteiger partial charge in [-0.2, -0.15) is 0 Å². The number of nitrogens with zero attached hydrogens (tertiary/aromatic N) is 1. The highest BCUT2D eigenvalue weighted by Crippen LogP contribution is 2.25. The van der Waals surface area contributed by atoms with E-state index in [-0.39, 0.29) is 0 Å². The Morgan fingerprint density at radius 1 is 0.824 bits per heavy atom. The van der Waals surface area contributed by atoms with Crippen LogP contribution in [0.4, 0.5) is 0 Å². The lowest BCUT2D eigenvalue weighted by Gasteiger charge is -2.24. The molecule has 1 saturated heterocycles. The van der Waals surface area contributed by atoms with Gasteiger partial charge in [0.05, 0.1) is 0 Å². The van der Waals surface area contributed by atoms with Crippen LogP contribution in [0.5, 0.6) is 0 Å². The van der Waals surface area contributed by atoms with Crippen LogP contribution in [-0.2, 0) is 0 Å². The summed E-state index contributed by atoms with van der Waals surface area (Å²) >= 11 is 0. The van der Waals surface area contributed by atoms with Gasteiger partial charge in [-0.25, -0.2) is 0 Å². The van der Waals surface area contributed by atoms with E-state index in [1.54, 1.807) is 0 Å². The number of hydrogen-bond donors (Lipinski definition) is 0. The van der Waals surface area contributed by atoms with Crippen molar-refractivity contribution in [3.8, 4) is 0 Å². The van der Waals surface area contributed by atoms with Gasteiger partial charge in [0.15, 0.2) is 0 Å². The predicted molar refractivity (Wildman–Crippen MR) is 81.6 cm³/mol. The maximum Gasteiger partial charge on any atom is 0.00385 e. The Hall–Kier alpha value is -0.0400. The summed E-state index contributed by atoms with van der Waals surface area (Å²) in [6.45, 7) is 20.0. The fourth-order valence-corrected chi connectivity index (χ4v) is 2.33. The second-order valence-corrected chi connectivity index (χ2v) is 5.06. The second-order valence-electron chi connectivity index (χ2n) is 5.06. The molecule has 0 spiro atoms. The molecule has 0 N–H and O–H groups in total. The standard InChI is InChI=1S/C12H25N.2C2H6/c1-10(2)12-6-5-8-13(9-7-12)11(3)4;2*1-2/h10-12H,5-9H2,1-4H3;2*1-2H3. The third-order valence-electron chi connectivity index (χ3n) is 3.48. The first-order valence-electron chi connectivity index (χ1n) is 7.85. The maximum atomic E-state index is 2.63. The molecule has 1 aliphatic heterocycles. The van der Waals surface area contributed by atoms with Gasteiger partial charge in [-0.15, -0.1) is 0 Å². The smallest absolute Gasteiger partial charge is 0.00385 e. The van der Waals surface area contributed by atoms with E-state index in [9.17, 15) is 0 Å². The van der Waals surface area contributed by atoms with Gasteiger partial charge in [0.25, 0.3) is 0 Å². The van der Waals surface area contributed by atoms with Crippen LogP contribution >= 0.6 is 0 Å². The van der Waals surface area contributed by atoms with Crippen LogP contribution in [0.25, 0.3) is 0 Å². The van der Waals surface area contributed by atoms with E-state index < -0.39 is 0 Å². The third-order valence-corrected chi connectivity index (χ3v) is 3.48. The zero-order valence-electron chi connectivity index (χ0n) is 13.7. The van der Waals surface area contributed by atoms with E-state index >= 15 is 0 Å². The highest BCUT2D eigenvalue weighted by molar-refractivity contribution is 4.73. The quantitative estimate of drug-likeness (QED) is 0.644. The molecule has 1 rings (SSSR count). The van der Waals surface area contributed by atoms with Crippen molar-refractivity contribution in [2.24, 2.45) is 11.8 Å². The molecule has 1 aliphatic rings. The van der Waals surface area contributed by atoms with Crippen LogP contribution in [0.15, 0.2) is 0 Å². The minimum absolute atomic E-state index is 0.742. The maximum absolute atomic E-state index is 2.63. The summed E-state index contributed by atoms with van der Waals surface area (Å²) in [6, 6.07) is 0.742. The van der Waals surface area contributed by atoms with Gasteiger partial charge in [0.2, 0.25) is 0 Å². The van der Waals surface area contributed by atoms with Crippen molar-refractivity contribution in [1.82, 2.24) is 4.90 Å². The molecule has 0 aromatic heterocycles. The lowest BCUT2D eigenvalue weighted by atomic mass is 9.89. The minimum Gasteiger partial charge on any atom is -0.301 e. The van der Waals surface area contributed by atoms with Gasteiger partial charge in [-0.3, -0.25) is 0 Å². The molecule has 1 fully saturated rings. The summed E-state index contributed by atoms with van der Waals surface area (Å²) < 4.78 is 0. The van der Waals surface area contributed by atoms with Crippen molar-refractivity contribution in [2.45, 2.75) is 80.7 Å². The Balaban J connectivity index is 0. The van der Waals surface area contributed by atoms with Crippen molar-refractivity contribution >= 4 is 0 Å². The summed E-state index contributed by atoms with van der Waals surface area (Å²) in [6.07, 6.45) is 4.26. The predicted octanol–water partition coefficient (Wildman–Crippen LogP) is 5.21. The summed E-state index contributed by atoms with van der Waals surface area (Å²) in [7, 11) is 0. The third kappa shape index (κ3) is 8.65.